The van der Waals surface area contributed by atoms with E-state index in [2.05, 4.69) is 10.5 Å². The smallest absolute Gasteiger partial charge is 0.322 e. The number of hydroxylamine groups is 1. The van der Waals surface area contributed by atoms with Gasteiger partial charge in [-0.2, -0.15) is 0 Å². The fraction of sp³-hybridized carbons (Fsp3) is 0.727. The molecule has 216 valence electrons. The molecule has 1 aliphatic heterocycles. The number of carbonyl (C=O) groups is 5. The van der Waals surface area contributed by atoms with Crippen molar-refractivity contribution < 1.29 is 57.2 Å². The topological polar surface area (TPSA) is 226 Å². The molecule has 1 rings (SSSR count). The van der Waals surface area contributed by atoms with Crippen molar-refractivity contribution in [1.29, 1.82) is 0 Å². The Labute approximate surface area is 219 Å². The highest BCUT2D eigenvalue weighted by atomic mass is 16.8. The Morgan fingerprint density at radius 2 is 1.47 bits per heavy atom. The van der Waals surface area contributed by atoms with Gasteiger partial charge in [0.05, 0.1) is 6.61 Å². The molecule has 1 fully saturated rings. The molecule has 6 atom stereocenters. The van der Waals surface area contributed by atoms with Gasteiger partial charge in [0.1, 0.15) is 18.8 Å². The van der Waals surface area contributed by atoms with Crippen LogP contribution in [0.1, 0.15) is 47.5 Å². The van der Waals surface area contributed by atoms with E-state index in [1.54, 1.807) is 6.92 Å². The number of aliphatic imine (C=N–C) groups is 1. The molecule has 0 unspecified atom stereocenters. The molecule has 0 radical (unpaired) electrons. The lowest BCUT2D eigenvalue weighted by Crippen LogP contribution is -2.63. The first-order valence-corrected chi connectivity index (χ1v) is 11.8. The molecule has 0 amide bonds. The number of nitrogens with one attached hydrogen (secondary N) is 1. The van der Waals surface area contributed by atoms with Crippen LogP contribution in [0.25, 0.3) is 0 Å². The summed E-state index contributed by atoms with van der Waals surface area (Å²) in [5.41, 5.74) is 13.9. The van der Waals surface area contributed by atoms with Crippen molar-refractivity contribution in [3.8, 4) is 0 Å². The fourth-order valence-corrected chi connectivity index (χ4v) is 3.31. The van der Waals surface area contributed by atoms with Crippen LogP contribution in [0.3, 0.4) is 0 Å². The van der Waals surface area contributed by atoms with Gasteiger partial charge in [0, 0.05) is 34.2 Å². The number of hydrogen-bond acceptors (Lipinski definition) is 14. The van der Waals surface area contributed by atoms with Gasteiger partial charge in [-0.3, -0.25) is 29.0 Å². The average molecular weight is 549 g/mol. The first-order valence-electron chi connectivity index (χ1n) is 11.8. The Balaban J connectivity index is 3.01. The fourth-order valence-electron chi connectivity index (χ4n) is 3.31. The minimum absolute atomic E-state index is 0.174. The van der Waals surface area contributed by atoms with Crippen LogP contribution in [0.4, 0.5) is 0 Å². The summed E-state index contributed by atoms with van der Waals surface area (Å²) in [6.45, 7) is 6.11. The SMILES string of the molecule is CCOC(=O)[C@@H](N)CCCN=C(N)NO[C@@H]1O[C@H](COC(C)=O)[C@H](OC(C)=O)[C@H](OC(C)=O)[C@H]1OC(C)=O. The molecule has 0 aromatic heterocycles. The van der Waals surface area contributed by atoms with Crippen LogP contribution in [0, 0.1) is 0 Å². The standard InChI is InChI=1S/C22H36N4O12/c1-6-32-20(31)15(23)8-7-9-25-22(24)26-38-21-19(36-14(5)30)18(35-13(4)29)17(34-12(3)28)16(37-21)10-33-11(2)27/h15-19,21H,6-10,23H2,1-5H3,(H3,24,25,26)/t15-,16+,17-,18-,19+,21-/m0/s1. The summed E-state index contributed by atoms with van der Waals surface area (Å²) in [6, 6.07) is -0.798. The van der Waals surface area contributed by atoms with Gasteiger partial charge < -0.3 is 39.9 Å². The molecule has 0 saturated carbocycles. The predicted molar refractivity (Wildman–Crippen MR) is 127 cm³/mol. The number of nitrogens with two attached hydrogens (primary N) is 2. The third kappa shape index (κ3) is 11.7. The van der Waals surface area contributed by atoms with Gasteiger partial charge in [-0.1, -0.05) is 0 Å². The lowest BCUT2D eigenvalue weighted by atomic mass is 9.98. The molecule has 16 heteroatoms. The van der Waals surface area contributed by atoms with Gasteiger partial charge >= 0.3 is 29.8 Å². The first-order chi connectivity index (χ1) is 17.8. The van der Waals surface area contributed by atoms with E-state index in [0.29, 0.717) is 12.8 Å². The van der Waals surface area contributed by atoms with Gasteiger partial charge in [0.2, 0.25) is 12.2 Å². The van der Waals surface area contributed by atoms with Crippen LogP contribution < -0.4 is 16.9 Å². The average Bonchev–Trinajstić information content (AvgIpc) is 2.81. The van der Waals surface area contributed by atoms with Crippen molar-refractivity contribution in [2.45, 2.75) is 84.2 Å². The zero-order valence-corrected chi connectivity index (χ0v) is 22.0. The molecular formula is C22H36N4O12. The Kier molecular flexibility index (Phi) is 14.0. The second kappa shape index (κ2) is 16.4. The molecule has 1 saturated heterocycles. The minimum Gasteiger partial charge on any atom is -0.465 e. The highest BCUT2D eigenvalue weighted by Crippen LogP contribution is 2.29. The molecule has 5 N–H and O–H groups in total. The number of ether oxygens (including phenoxy) is 6. The largest absolute Gasteiger partial charge is 0.465 e. The Bertz CT molecular complexity index is 867. The van der Waals surface area contributed by atoms with Crippen LogP contribution >= 0.6 is 0 Å². The van der Waals surface area contributed by atoms with Crippen molar-refractivity contribution in [2.75, 3.05) is 19.8 Å². The van der Waals surface area contributed by atoms with Crippen molar-refractivity contribution in [3.05, 3.63) is 0 Å². The maximum Gasteiger partial charge on any atom is 0.322 e. The third-order valence-corrected chi connectivity index (χ3v) is 4.77. The second-order valence-electron chi connectivity index (χ2n) is 8.06. The zero-order valence-electron chi connectivity index (χ0n) is 22.0. The van der Waals surface area contributed by atoms with Crippen LogP contribution in [-0.2, 0) is 57.2 Å². The maximum absolute atomic E-state index is 11.8. The molecule has 0 aromatic rings. The molecule has 0 spiro atoms. The number of esters is 5. The van der Waals surface area contributed by atoms with E-state index in [4.69, 9.17) is 44.7 Å². The normalized spacial score (nSPS) is 23.9. The highest BCUT2D eigenvalue weighted by molar-refractivity contribution is 5.77. The Morgan fingerprint density at radius 1 is 0.895 bits per heavy atom. The summed E-state index contributed by atoms with van der Waals surface area (Å²) < 4.78 is 31.4. The summed E-state index contributed by atoms with van der Waals surface area (Å²) in [5, 5.41) is 0. The summed E-state index contributed by atoms with van der Waals surface area (Å²) >= 11 is 0. The van der Waals surface area contributed by atoms with Crippen LogP contribution in [0.2, 0.25) is 0 Å². The van der Waals surface area contributed by atoms with Gasteiger partial charge in [-0.05, 0) is 19.8 Å². The van der Waals surface area contributed by atoms with Gasteiger partial charge in [0.15, 0.2) is 18.3 Å². The highest BCUT2D eigenvalue weighted by Gasteiger charge is 2.53. The van der Waals surface area contributed by atoms with Gasteiger partial charge in [0.25, 0.3) is 0 Å². The summed E-state index contributed by atoms with van der Waals surface area (Å²) in [6.07, 6.45) is -6.12. The Morgan fingerprint density at radius 3 is 2.03 bits per heavy atom. The molecule has 1 aliphatic rings. The van der Waals surface area contributed by atoms with Crippen molar-refractivity contribution in [3.63, 3.8) is 0 Å². The van der Waals surface area contributed by atoms with E-state index in [1.165, 1.54) is 0 Å². The number of nitrogens with zero attached hydrogens (tertiary/aromatic N) is 1. The second-order valence-corrected chi connectivity index (χ2v) is 8.06. The van der Waals surface area contributed by atoms with Gasteiger partial charge in [-0.25, -0.2) is 10.3 Å². The molecule has 1 heterocycles. The van der Waals surface area contributed by atoms with Crippen LogP contribution in [0.5, 0.6) is 0 Å². The number of carbonyl (C=O) groups excluding carboxylic acids is 5. The zero-order chi connectivity index (χ0) is 28.8. The molecule has 38 heavy (non-hydrogen) atoms. The van der Waals surface area contributed by atoms with E-state index >= 15 is 0 Å². The summed E-state index contributed by atoms with van der Waals surface area (Å²) in [7, 11) is 0. The molecular weight excluding hydrogens is 512 g/mol. The Hall–Kier alpha value is -3.50. The van der Waals surface area contributed by atoms with Crippen LogP contribution in [0.15, 0.2) is 4.99 Å². The maximum atomic E-state index is 11.8. The van der Waals surface area contributed by atoms with Gasteiger partial charge in [-0.15, -0.1) is 0 Å². The molecule has 0 bridgehead atoms. The minimum atomic E-state index is -1.48. The summed E-state index contributed by atoms with van der Waals surface area (Å²) in [4.78, 5) is 67.8. The lowest BCUT2D eigenvalue weighted by Gasteiger charge is -2.43. The van der Waals surface area contributed by atoms with Crippen molar-refractivity contribution in [1.82, 2.24) is 5.48 Å². The van der Waals surface area contributed by atoms with Crippen molar-refractivity contribution in [2.24, 2.45) is 16.5 Å². The summed E-state index contributed by atoms with van der Waals surface area (Å²) in [5.74, 6) is -3.72. The van der Waals surface area contributed by atoms with E-state index in [1.807, 2.05) is 0 Å². The molecule has 16 nitrogen and oxygen atoms in total. The lowest BCUT2D eigenvalue weighted by molar-refractivity contribution is -0.316. The van der Waals surface area contributed by atoms with E-state index in [9.17, 15) is 24.0 Å². The van der Waals surface area contributed by atoms with Crippen molar-refractivity contribution >= 4 is 35.8 Å². The predicted octanol–water partition coefficient (Wildman–Crippen LogP) is -1.42. The quantitative estimate of drug-likeness (QED) is 0.0599. The monoisotopic (exact) mass is 548 g/mol. The van der Waals surface area contributed by atoms with E-state index in [-0.39, 0.29) is 19.1 Å². The number of hydrogen-bond donors (Lipinski definition) is 3. The van der Waals surface area contributed by atoms with Crippen LogP contribution in [-0.4, -0.2) is 92.3 Å². The van der Waals surface area contributed by atoms with E-state index < -0.39 is 73.2 Å². The first kappa shape index (κ1) is 32.5. The molecule has 0 aromatic carbocycles. The molecule has 0 aliphatic carbocycles. The third-order valence-electron chi connectivity index (χ3n) is 4.77. The number of guanidine groups is 1. The number of rotatable bonds is 13. The van der Waals surface area contributed by atoms with E-state index in [0.717, 1.165) is 27.7 Å².